The third kappa shape index (κ3) is 13.6. The molecule has 66 heavy (non-hydrogen) atoms. The molecule has 13 heteroatoms. The Hall–Kier alpha value is -3.56. The molecule has 14 atom stereocenters. The number of Topliss-reactive ketones (excluding diaryl/α,β-unsaturated/α-hetero) is 2. The van der Waals surface area contributed by atoms with Crippen molar-refractivity contribution in [2.24, 2.45) is 29.6 Å². The summed E-state index contributed by atoms with van der Waals surface area (Å²) in [6, 6.07) is 8.34. The van der Waals surface area contributed by atoms with Crippen molar-refractivity contribution >= 4 is 23.4 Å². The van der Waals surface area contributed by atoms with Gasteiger partial charge in [-0.1, -0.05) is 81.8 Å². The van der Waals surface area contributed by atoms with Gasteiger partial charge in [-0.05, 0) is 113 Å². The largest absolute Gasteiger partial charge is 0.456 e. The maximum atomic E-state index is 14.5. The number of nitrogens with zero attached hydrogens (tertiary/aromatic N) is 1. The first-order chi connectivity index (χ1) is 31.5. The van der Waals surface area contributed by atoms with Gasteiger partial charge >= 0.3 is 5.97 Å². The number of ketones is 2. The van der Waals surface area contributed by atoms with Crippen LogP contribution in [0.2, 0.25) is 0 Å². The normalized spacial score (nSPS) is 36.3. The van der Waals surface area contributed by atoms with Crippen LogP contribution in [0, 0.1) is 29.6 Å². The number of ether oxygens (including phenoxy) is 6. The van der Waals surface area contributed by atoms with Crippen molar-refractivity contribution in [2.45, 2.75) is 173 Å². The monoisotopic (exact) mass is 922 g/mol. The number of cyclic esters (lactones) is 1. The lowest BCUT2D eigenvalue weighted by atomic mass is 9.82. The van der Waals surface area contributed by atoms with Gasteiger partial charge in [-0.3, -0.25) is 14.4 Å². The van der Waals surface area contributed by atoms with Crippen molar-refractivity contribution in [1.29, 1.82) is 0 Å². The fourth-order valence-corrected chi connectivity index (χ4v) is 10.7. The number of fused-ring (bicyclic) bond motifs is 3. The minimum Gasteiger partial charge on any atom is -0.456 e. The number of piperidine rings is 1. The van der Waals surface area contributed by atoms with Gasteiger partial charge in [0.25, 0.3) is 11.7 Å². The molecule has 5 rings (SSSR count). The highest BCUT2D eigenvalue weighted by Gasteiger charge is 2.56. The van der Waals surface area contributed by atoms with Gasteiger partial charge < -0.3 is 43.5 Å². The number of benzene rings is 1. The first kappa shape index (κ1) is 53.4. The standard InChI is InChI=1S/C53H79NO12/c1-10-25-63-45-31-38(21-23-44(45)64-32-43(56)40-17-13-12-14-18-40)29-36(6)48-35(5)20-22-42(55)39(11-2)27-33(3)26-34(4)28-46(61-8)49-47(62-9)30-37(7)53(60,66-49)50(57)51(58)54-24-16-15-19-41(54)52(59)65-48/h10,12-14,17-18,27,29,34-35,37-39,41,43-49,56,60H,1,11,15-16,19-26,28,30-32H2,2-9H3/b33-27+,36-29?. The summed E-state index contributed by atoms with van der Waals surface area (Å²) in [5, 5.41) is 23.0. The molecule has 1 aliphatic carbocycles. The Kier molecular flexibility index (Phi) is 20.4. The molecule has 0 radical (unpaired) electrons. The zero-order valence-corrected chi connectivity index (χ0v) is 40.9. The second-order valence-electron chi connectivity index (χ2n) is 19.7. The van der Waals surface area contributed by atoms with Gasteiger partial charge in [-0.25, -0.2) is 4.79 Å². The minimum absolute atomic E-state index is 0.0409. The maximum absolute atomic E-state index is 14.5. The fraction of sp³-hybridized carbons (Fsp3) is 0.698. The van der Waals surface area contributed by atoms with Crippen LogP contribution >= 0.6 is 0 Å². The summed E-state index contributed by atoms with van der Waals surface area (Å²) < 4.78 is 37.1. The van der Waals surface area contributed by atoms with Crippen molar-refractivity contribution in [3.8, 4) is 0 Å². The second-order valence-corrected chi connectivity index (χ2v) is 19.7. The van der Waals surface area contributed by atoms with E-state index in [4.69, 9.17) is 28.4 Å². The summed E-state index contributed by atoms with van der Waals surface area (Å²) in [6.45, 7) is 16.2. The van der Waals surface area contributed by atoms with E-state index in [-0.39, 0.29) is 74.1 Å². The number of esters is 1. The molecule has 1 saturated carbocycles. The van der Waals surface area contributed by atoms with Gasteiger partial charge in [0.05, 0.1) is 37.6 Å². The summed E-state index contributed by atoms with van der Waals surface area (Å²) >= 11 is 0. The quantitative estimate of drug-likeness (QED) is 0.119. The van der Waals surface area contributed by atoms with Crippen LogP contribution in [0.25, 0.3) is 0 Å². The molecule has 0 aromatic heterocycles. The van der Waals surface area contributed by atoms with E-state index in [9.17, 15) is 29.4 Å². The summed E-state index contributed by atoms with van der Waals surface area (Å²) in [6.07, 6.45) is 8.26. The van der Waals surface area contributed by atoms with Gasteiger partial charge in [0.2, 0.25) is 5.79 Å². The smallest absolute Gasteiger partial charge is 0.329 e. The molecular formula is C53H79NO12. The zero-order valence-electron chi connectivity index (χ0n) is 40.9. The predicted octanol–water partition coefficient (Wildman–Crippen LogP) is 7.82. The number of allylic oxidation sites excluding steroid dienone is 3. The average Bonchev–Trinajstić information content (AvgIpc) is 3.32. The molecule has 13 nitrogen and oxygen atoms in total. The van der Waals surface area contributed by atoms with Gasteiger partial charge in [0.15, 0.2) is 0 Å². The van der Waals surface area contributed by atoms with E-state index in [2.05, 4.69) is 25.7 Å². The highest BCUT2D eigenvalue weighted by atomic mass is 16.7. The van der Waals surface area contributed by atoms with Crippen LogP contribution in [0.5, 0.6) is 0 Å². The van der Waals surface area contributed by atoms with Crippen LogP contribution in [0.3, 0.4) is 0 Å². The zero-order chi connectivity index (χ0) is 48.1. The van der Waals surface area contributed by atoms with Crippen molar-refractivity contribution < 1.29 is 57.8 Å². The number of aliphatic hydroxyl groups is 2. The minimum atomic E-state index is -2.48. The number of carbonyl (C=O) groups is 4. The molecule has 4 aliphatic rings. The summed E-state index contributed by atoms with van der Waals surface area (Å²) in [4.78, 5) is 58.5. The van der Waals surface area contributed by atoms with E-state index in [0.717, 1.165) is 23.1 Å². The lowest BCUT2D eigenvalue weighted by molar-refractivity contribution is -0.302. The number of hydrogen-bond acceptors (Lipinski definition) is 12. The van der Waals surface area contributed by atoms with Crippen LogP contribution < -0.4 is 0 Å². The van der Waals surface area contributed by atoms with Gasteiger partial charge in [0.1, 0.15) is 30.1 Å². The van der Waals surface area contributed by atoms with E-state index < -0.39 is 65.9 Å². The summed E-state index contributed by atoms with van der Waals surface area (Å²) in [5.74, 6) is -6.38. The lowest BCUT2D eigenvalue weighted by Gasteiger charge is -2.47. The van der Waals surface area contributed by atoms with Crippen molar-refractivity contribution in [2.75, 3.05) is 34.0 Å². The van der Waals surface area contributed by atoms with Crippen LogP contribution in [0.4, 0.5) is 0 Å². The van der Waals surface area contributed by atoms with Crippen molar-refractivity contribution in [3.05, 3.63) is 71.8 Å². The molecule has 368 valence electrons. The Labute approximate surface area is 393 Å². The van der Waals surface area contributed by atoms with E-state index in [0.29, 0.717) is 58.0 Å². The van der Waals surface area contributed by atoms with Gasteiger partial charge in [-0.15, -0.1) is 6.58 Å². The second kappa shape index (κ2) is 25.2. The third-order valence-corrected chi connectivity index (χ3v) is 14.5. The third-order valence-electron chi connectivity index (χ3n) is 14.5. The van der Waals surface area contributed by atoms with E-state index >= 15 is 0 Å². The number of carbonyl (C=O) groups excluding carboxylic acids is 4. The van der Waals surface area contributed by atoms with E-state index in [1.54, 1.807) is 27.2 Å². The van der Waals surface area contributed by atoms with Gasteiger partial charge in [0, 0.05) is 39.0 Å². The van der Waals surface area contributed by atoms with Gasteiger partial charge in [-0.2, -0.15) is 0 Å². The molecule has 14 unspecified atom stereocenters. The topological polar surface area (TPSA) is 167 Å². The average molecular weight is 922 g/mol. The Bertz CT molecular complexity index is 1830. The van der Waals surface area contributed by atoms with Crippen LogP contribution in [-0.4, -0.2) is 121 Å². The molecule has 2 saturated heterocycles. The highest BCUT2D eigenvalue weighted by molar-refractivity contribution is 6.39. The summed E-state index contributed by atoms with van der Waals surface area (Å²) in [5.41, 5.74) is 2.67. The number of amides is 1. The van der Waals surface area contributed by atoms with E-state index in [1.807, 2.05) is 58.0 Å². The molecule has 2 N–H and O–H groups in total. The highest BCUT2D eigenvalue weighted by Crippen LogP contribution is 2.39. The number of hydrogen-bond donors (Lipinski definition) is 2. The van der Waals surface area contributed by atoms with Crippen molar-refractivity contribution in [3.63, 3.8) is 0 Å². The first-order valence-corrected chi connectivity index (χ1v) is 24.5. The Balaban J connectivity index is 1.44. The first-order valence-electron chi connectivity index (χ1n) is 24.5. The molecule has 0 spiro atoms. The Morgan fingerprint density at radius 2 is 1.65 bits per heavy atom. The SMILES string of the molecule is C=CCOC1CC(C=C(C)C2OC(=O)C3CCCCN3C(=O)C(=O)C3(O)OC(C(OC)CC(C)C/C(C)=C/C(CC)C(=O)CCC2C)C(OC)CC3C)CCC1OCC(O)c1ccccc1. The number of rotatable bonds is 12. The number of methoxy groups -OCH3 is 2. The Morgan fingerprint density at radius 3 is 2.33 bits per heavy atom. The van der Waals surface area contributed by atoms with E-state index in [1.165, 1.54) is 4.90 Å². The molecule has 1 aromatic rings. The molecule has 2 bridgehead atoms. The fourth-order valence-electron chi connectivity index (χ4n) is 10.7. The Morgan fingerprint density at radius 1 is 0.939 bits per heavy atom. The van der Waals surface area contributed by atoms with Crippen LogP contribution in [0.1, 0.15) is 130 Å². The van der Waals surface area contributed by atoms with Crippen LogP contribution in [0.15, 0.2) is 66.3 Å². The lowest BCUT2D eigenvalue weighted by Crippen LogP contribution is -2.64. The molecule has 1 amide bonds. The number of aliphatic hydroxyl groups excluding tert-OH is 1. The molecule has 3 heterocycles. The molecule has 3 aliphatic heterocycles. The summed E-state index contributed by atoms with van der Waals surface area (Å²) in [7, 11) is 3.11. The van der Waals surface area contributed by atoms with Crippen LogP contribution in [-0.2, 0) is 47.6 Å². The maximum Gasteiger partial charge on any atom is 0.329 e. The predicted molar refractivity (Wildman–Crippen MR) is 251 cm³/mol. The molecule has 1 aromatic carbocycles. The molecule has 3 fully saturated rings. The molecular weight excluding hydrogens is 843 g/mol. The van der Waals surface area contributed by atoms with Crippen molar-refractivity contribution in [1.82, 2.24) is 4.90 Å².